The second-order valence-electron chi connectivity index (χ2n) is 7.42. The molecule has 0 spiro atoms. The molecule has 1 saturated heterocycles. The first-order chi connectivity index (χ1) is 14.8. The van der Waals surface area contributed by atoms with Crippen LogP contribution < -0.4 is 5.32 Å². The number of carbonyl (C=O) groups is 3. The minimum absolute atomic E-state index is 0.0387. The van der Waals surface area contributed by atoms with Gasteiger partial charge in [0, 0.05) is 24.2 Å². The Labute approximate surface area is 186 Å². The maximum Gasteiger partial charge on any atom is 0.242 e. The predicted octanol–water partition coefficient (Wildman–Crippen LogP) is 4.65. The molecule has 2 amide bonds. The normalized spacial score (nSPS) is 17.1. The second kappa shape index (κ2) is 9.75. The lowest BCUT2D eigenvalue weighted by atomic mass is 10.1. The van der Waals surface area contributed by atoms with E-state index in [1.54, 1.807) is 30.3 Å². The first-order valence-corrected chi connectivity index (χ1v) is 10.8. The first kappa shape index (κ1) is 22.5. The van der Waals surface area contributed by atoms with Gasteiger partial charge >= 0.3 is 0 Å². The molecule has 3 rings (SSSR count). The minimum Gasteiger partial charge on any atom is -0.326 e. The zero-order chi connectivity index (χ0) is 22.5. The van der Waals surface area contributed by atoms with Crippen molar-refractivity contribution in [2.45, 2.75) is 32.4 Å². The van der Waals surface area contributed by atoms with E-state index in [0.29, 0.717) is 23.0 Å². The number of carbonyl (C=O) groups excluding carboxylic acids is 3. The van der Waals surface area contributed by atoms with Crippen molar-refractivity contribution < 1.29 is 14.4 Å². The van der Waals surface area contributed by atoms with Crippen LogP contribution in [0.4, 0.5) is 11.4 Å². The molecular weight excluding hydrogens is 410 g/mol. The average Bonchev–Trinajstić information content (AvgIpc) is 2.99. The van der Waals surface area contributed by atoms with Crippen molar-refractivity contribution in [2.75, 3.05) is 11.9 Å². The van der Waals surface area contributed by atoms with Gasteiger partial charge in [0.05, 0.1) is 5.69 Å². The highest BCUT2D eigenvalue weighted by Crippen LogP contribution is 2.32. The number of aliphatic imine (C=N–C) groups is 1. The monoisotopic (exact) mass is 435 g/mol. The minimum atomic E-state index is -0.569. The summed E-state index contributed by atoms with van der Waals surface area (Å²) < 4.78 is 0. The third kappa shape index (κ3) is 5.49. The maximum absolute atomic E-state index is 12.9. The van der Waals surface area contributed by atoms with Gasteiger partial charge in [0.25, 0.3) is 0 Å². The number of anilines is 1. The molecule has 160 valence electrons. The number of hydrogen-bond donors (Lipinski definition) is 1. The van der Waals surface area contributed by atoms with Crippen LogP contribution in [0.15, 0.2) is 60.1 Å². The van der Waals surface area contributed by atoms with Crippen LogP contribution in [0.1, 0.15) is 34.8 Å². The van der Waals surface area contributed by atoms with E-state index in [4.69, 9.17) is 0 Å². The number of nitrogens with zero attached hydrogens (tertiary/aromatic N) is 2. The number of benzene rings is 2. The summed E-state index contributed by atoms with van der Waals surface area (Å²) >= 11 is 1.25. The molecule has 1 aliphatic rings. The smallest absolute Gasteiger partial charge is 0.242 e. The largest absolute Gasteiger partial charge is 0.326 e. The number of ketones is 1. The Morgan fingerprint density at radius 3 is 2.68 bits per heavy atom. The molecule has 0 radical (unpaired) electrons. The second-order valence-corrected chi connectivity index (χ2v) is 8.59. The van der Waals surface area contributed by atoms with Crippen LogP contribution >= 0.6 is 11.8 Å². The first-order valence-electron chi connectivity index (χ1n) is 9.94. The summed E-state index contributed by atoms with van der Waals surface area (Å²) in [5.74, 6) is -0.459. The summed E-state index contributed by atoms with van der Waals surface area (Å²) in [6, 6.07) is 12.7. The lowest BCUT2D eigenvalue weighted by Gasteiger charge is -2.14. The van der Waals surface area contributed by atoms with Gasteiger partial charge in [0.2, 0.25) is 11.8 Å². The number of thioether (sulfide) groups is 1. The van der Waals surface area contributed by atoms with Gasteiger partial charge in [0.15, 0.2) is 11.0 Å². The van der Waals surface area contributed by atoms with E-state index in [1.807, 2.05) is 32.0 Å². The molecular formula is C24H25N3O3S. The molecule has 31 heavy (non-hydrogen) atoms. The molecule has 7 heteroatoms. The fourth-order valence-corrected chi connectivity index (χ4v) is 4.42. The standard InChI is InChI=1S/C24H25N3O3S/c1-5-11-27-23(30)21(14-22(29)26-20-10-9-15(2)12-16(20)3)31-24(27)25-19-8-6-7-18(13-19)17(4)28/h5-10,12-13,21H,1,11,14H2,2-4H3,(H,26,29)/t21-/m0/s1. The van der Waals surface area contributed by atoms with Crippen LogP contribution in [0, 0.1) is 13.8 Å². The number of hydrogen-bond acceptors (Lipinski definition) is 5. The fraction of sp³-hybridized carbons (Fsp3) is 0.250. The van der Waals surface area contributed by atoms with E-state index >= 15 is 0 Å². The number of aryl methyl sites for hydroxylation is 2. The Kier molecular flexibility index (Phi) is 7.07. The van der Waals surface area contributed by atoms with E-state index in [1.165, 1.54) is 23.6 Å². The van der Waals surface area contributed by atoms with Crippen LogP contribution in [-0.4, -0.2) is 39.5 Å². The van der Waals surface area contributed by atoms with Crippen LogP contribution in [0.5, 0.6) is 0 Å². The summed E-state index contributed by atoms with van der Waals surface area (Å²) in [4.78, 5) is 43.3. The van der Waals surface area contributed by atoms with Crippen molar-refractivity contribution in [3.8, 4) is 0 Å². The predicted molar refractivity (Wildman–Crippen MR) is 126 cm³/mol. The van der Waals surface area contributed by atoms with Crippen LogP contribution in [-0.2, 0) is 9.59 Å². The van der Waals surface area contributed by atoms with Gasteiger partial charge in [-0.25, -0.2) is 4.99 Å². The molecule has 2 aromatic rings. The number of nitrogens with one attached hydrogen (secondary N) is 1. The number of amidine groups is 1. The van der Waals surface area contributed by atoms with Gasteiger partial charge in [-0.2, -0.15) is 0 Å². The van der Waals surface area contributed by atoms with Crippen molar-refractivity contribution in [2.24, 2.45) is 4.99 Å². The molecule has 0 unspecified atom stereocenters. The molecule has 2 aromatic carbocycles. The van der Waals surface area contributed by atoms with Crippen LogP contribution in [0.3, 0.4) is 0 Å². The highest BCUT2D eigenvalue weighted by atomic mass is 32.2. The fourth-order valence-electron chi connectivity index (χ4n) is 3.25. The van der Waals surface area contributed by atoms with E-state index in [0.717, 1.165) is 16.8 Å². The van der Waals surface area contributed by atoms with Gasteiger partial charge in [-0.05, 0) is 44.5 Å². The molecule has 1 aliphatic heterocycles. The summed E-state index contributed by atoms with van der Waals surface area (Å²) in [5.41, 5.74) is 3.96. The Morgan fingerprint density at radius 1 is 1.23 bits per heavy atom. The molecule has 6 nitrogen and oxygen atoms in total. The number of rotatable bonds is 7. The average molecular weight is 436 g/mol. The maximum atomic E-state index is 12.9. The van der Waals surface area contributed by atoms with Gasteiger partial charge in [-0.15, -0.1) is 6.58 Å². The highest BCUT2D eigenvalue weighted by Gasteiger charge is 2.38. The summed E-state index contributed by atoms with van der Waals surface area (Å²) in [6.45, 7) is 9.43. The van der Waals surface area contributed by atoms with Crippen molar-refractivity contribution >= 4 is 45.9 Å². The molecule has 1 heterocycles. The third-order valence-electron chi connectivity index (χ3n) is 4.84. The number of amides is 2. The van der Waals surface area contributed by atoms with Crippen molar-refractivity contribution in [1.29, 1.82) is 0 Å². The molecule has 1 atom stereocenters. The summed E-state index contributed by atoms with van der Waals surface area (Å²) in [6.07, 6.45) is 1.66. The lowest BCUT2D eigenvalue weighted by Crippen LogP contribution is -2.33. The van der Waals surface area contributed by atoms with E-state index < -0.39 is 5.25 Å². The molecule has 1 fully saturated rings. The van der Waals surface area contributed by atoms with Gasteiger partial charge < -0.3 is 5.32 Å². The lowest BCUT2D eigenvalue weighted by molar-refractivity contribution is -0.127. The zero-order valence-corrected chi connectivity index (χ0v) is 18.7. The molecule has 0 aliphatic carbocycles. The van der Waals surface area contributed by atoms with Crippen molar-refractivity contribution in [3.05, 3.63) is 71.8 Å². The van der Waals surface area contributed by atoms with Gasteiger partial charge in [-0.1, -0.05) is 47.7 Å². The van der Waals surface area contributed by atoms with Crippen LogP contribution in [0.25, 0.3) is 0 Å². The Balaban J connectivity index is 1.77. The van der Waals surface area contributed by atoms with E-state index in [9.17, 15) is 14.4 Å². The van der Waals surface area contributed by atoms with E-state index in [-0.39, 0.29) is 24.0 Å². The van der Waals surface area contributed by atoms with Gasteiger partial charge in [0.1, 0.15) is 5.25 Å². The van der Waals surface area contributed by atoms with Crippen LogP contribution in [0.2, 0.25) is 0 Å². The molecule has 1 N–H and O–H groups in total. The van der Waals surface area contributed by atoms with E-state index in [2.05, 4.69) is 16.9 Å². The Bertz CT molecular complexity index is 1080. The molecule has 0 bridgehead atoms. The van der Waals surface area contributed by atoms with Crippen molar-refractivity contribution in [1.82, 2.24) is 4.90 Å². The highest BCUT2D eigenvalue weighted by molar-refractivity contribution is 8.15. The Morgan fingerprint density at radius 2 is 2.00 bits per heavy atom. The zero-order valence-electron chi connectivity index (χ0n) is 17.8. The third-order valence-corrected chi connectivity index (χ3v) is 6.01. The SMILES string of the molecule is C=CCN1C(=O)[C@H](CC(=O)Nc2ccc(C)cc2C)SC1=Nc1cccc(C(C)=O)c1. The Hall–Kier alpha value is -3.19. The van der Waals surface area contributed by atoms with Crippen molar-refractivity contribution in [3.63, 3.8) is 0 Å². The molecule has 0 saturated carbocycles. The number of Topliss-reactive ketones (excluding diaryl/α,β-unsaturated/α-hetero) is 1. The summed E-state index contributed by atoms with van der Waals surface area (Å²) in [7, 11) is 0. The molecule has 0 aromatic heterocycles. The van der Waals surface area contributed by atoms with Gasteiger partial charge in [-0.3, -0.25) is 19.3 Å². The summed E-state index contributed by atoms with van der Waals surface area (Å²) in [5, 5.41) is 2.82. The topological polar surface area (TPSA) is 78.8 Å². The quantitative estimate of drug-likeness (QED) is 0.507.